The second kappa shape index (κ2) is 13.3. The molecule has 200 valence electrons. The van der Waals surface area contributed by atoms with Crippen molar-refractivity contribution in [1.82, 2.24) is 0 Å². The molecule has 4 aromatic rings. The third kappa shape index (κ3) is 7.17. The first-order valence-corrected chi connectivity index (χ1v) is 14.3. The van der Waals surface area contributed by atoms with Gasteiger partial charge in [0.05, 0.1) is 13.0 Å². The molecule has 0 aromatic heterocycles. The predicted molar refractivity (Wildman–Crippen MR) is 160 cm³/mol. The zero-order valence-corrected chi connectivity index (χ0v) is 23.0. The average Bonchev–Trinajstić information content (AvgIpc) is 3.00. The van der Waals surface area contributed by atoms with Crippen LogP contribution in [0, 0.1) is 5.92 Å². The summed E-state index contributed by atoms with van der Waals surface area (Å²) in [6.07, 6.45) is 7.80. The Hall–Kier alpha value is -3.85. The highest BCUT2D eigenvalue weighted by Crippen LogP contribution is 2.31. The van der Waals surface area contributed by atoms with Gasteiger partial charge in [0.2, 0.25) is 0 Å². The van der Waals surface area contributed by atoms with Gasteiger partial charge in [0.1, 0.15) is 0 Å². The lowest BCUT2D eigenvalue weighted by Gasteiger charge is -2.25. The number of anilines is 1. The molecule has 0 bridgehead atoms. The molecule has 0 fully saturated rings. The predicted octanol–water partition coefficient (Wildman–Crippen LogP) is 7.19. The van der Waals surface area contributed by atoms with Gasteiger partial charge in [0, 0.05) is 12.2 Å². The van der Waals surface area contributed by atoms with E-state index in [9.17, 15) is 4.79 Å². The summed E-state index contributed by atoms with van der Waals surface area (Å²) >= 11 is 0. The summed E-state index contributed by atoms with van der Waals surface area (Å²) in [4.78, 5) is 12.0. The second-order valence-corrected chi connectivity index (χ2v) is 10.7. The van der Waals surface area contributed by atoms with E-state index in [0.717, 1.165) is 57.9 Å². The number of aryl methyl sites for hydroxylation is 4. The number of carbonyl (C=O) groups excluding carboxylic acids is 1. The summed E-state index contributed by atoms with van der Waals surface area (Å²) in [5.74, 6) is -0.107. The van der Waals surface area contributed by atoms with E-state index in [2.05, 4.69) is 102 Å². The molecule has 1 unspecified atom stereocenters. The van der Waals surface area contributed by atoms with E-state index in [1.54, 1.807) is 0 Å². The van der Waals surface area contributed by atoms with Crippen LogP contribution in [-0.2, 0) is 54.5 Å². The van der Waals surface area contributed by atoms with Crippen LogP contribution in [-0.4, -0.2) is 19.6 Å². The Morgan fingerprint density at radius 2 is 1.33 bits per heavy atom. The third-order valence-corrected chi connectivity index (χ3v) is 8.10. The van der Waals surface area contributed by atoms with Gasteiger partial charge in [-0.3, -0.25) is 4.79 Å². The van der Waals surface area contributed by atoms with Crippen molar-refractivity contribution in [2.75, 3.05) is 19.0 Å². The quantitative estimate of drug-likeness (QED) is 0.214. The minimum atomic E-state index is -0.0883. The van der Waals surface area contributed by atoms with Crippen LogP contribution in [0.5, 0.6) is 0 Å². The van der Waals surface area contributed by atoms with Gasteiger partial charge < -0.3 is 10.1 Å². The number of hydrogen-bond acceptors (Lipinski definition) is 3. The number of ether oxygens (including phenoxy) is 1. The molecule has 3 heteroatoms. The highest BCUT2D eigenvalue weighted by Gasteiger charge is 2.26. The number of carbonyl (C=O) groups is 1. The molecular weight excluding hydrogens is 478 g/mol. The van der Waals surface area contributed by atoms with Crippen molar-refractivity contribution in [2.45, 2.75) is 51.4 Å². The van der Waals surface area contributed by atoms with E-state index >= 15 is 0 Å². The molecule has 0 heterocycles. The largest absolute Gasteiger partial charge is 0.469 e. The molecule has 1 atom stereocenters. The topological polar surface area (TPSA) is 38.3 Å². The summed E-state index contributed by atoms with van der Waals surface area (Å²) in [6.45, 7) is 0.893. The Balaban J connectivity index is 1.13. The second-order valence-electron chi connectivity index (χ2n) is 10.7. The maximum atomic E-state index is 12.0. The van der Waals surface area contributed by atoms with Crippen molar-refractivity contribution in [3.8, 4) is 0 Å². The Bertz CT molecular complexity index is 1360. The molecule has 3 nitrogen and oxygen atoms in total. The van der Waals surface area contributed by atoms with Crippen LogP contribution in [0.1, 0.15) is 45.4 Å². The number of methoxy groups -OCH3 is 1. The Kier molecular flexibility index (Phi) is 9.11. The fourth-order valence-corrected chi connectivity index (χ4v) is 5.80. The van der Waals surface area contributed by atoms with Gasteiger partial charge >= 0.3 is 5.97 Å². The summed E-state index contributed by atoms with van der Waals surface area (Å²) in [6, 6.07) is 35.2. The maximum Gasteiger partial charge on any atom is 0.309 e. The van der Waals surface area contributed by atoms with Crippen LogP contribution in [0.25, 0.3) is 0 Å². The fourth-order valence-electron chi connectivity index (χ4n) is 5.80. The number of benzene rings is 4. The zero-order chi connectivity index (χ0) is 26.9. The highest BCUT2D eigenvalue weighted by molar-refractivity contribution is 5.73. The highest BCUT2D eigenvalue weighted by atomic mass is 16.5. The zero-order valence-electron chi connectivity index (χ0n) is 23.0. The van der Waals surface area contributed by atoms with Crippen molar-refractivity contribution in [3.05, 3.63) is 136 Å². The molecule has 39 heavy (non-hydrogen) atoms. The molecule has 0 spiro atoms. The first-order chi connectivity index (χ1) is 19.2. The van der Waals surface area contributed by atoms with E-state index < -0.39 is 0 Å². The van der Waals surface area contributed by atoms with E-state index in [1.807, 2.05) is 0 Å². The molecule has 1 N–H and O–H groups in total. The minimum absolute atomic E-state index is 0.0184. The van der Waals surface area contributed by atoms with Gasteiger partial charge in [-0.2, -0.15) is 0 Å². The minimum Gasteiger partial charge on any atom is -0.469 e. The van der Waals surface area contributed by atoms with Crippen LogP contribution in [0.15, 0.2) is 97.1 Å². The summed E-state index contributed by atoms with van der Waals surface area (Å²) < 4.78 is 4.98. The Morgan fingerprint density at radius 1 is 0.718 bits per heavy atom. The molecule has 1 aliphatic carbocycles. The molecule has 0 aliphatic heterocycles. The first kappa shape index (κ1) is 26.7. The van der Waals surface area contributed by atoms with Crippen LogP contribution in [0.3, 0.4) is 0 Å². The lowest BCUT2D eigenvalue weighted by atomic mass is 9.83. The van der Waals surface area contributed by atoms with Gasteiger partial charge in [0.15, 0.2) is 0 Å². The van der Waals surface area contributed by atoms with Crippen molar-refractivity contribution in [1.29, 1.82) is 0 Å². The standard InChI is InChI=1S/C36H39NO2/c1-39-36(38)33-22-23-34-32(26-33)12-7-13-35(34)37-25-24-31-11-6-5-10-30(31)21-20-29-18-16-28(17-19-29)15-14-27-8-3-2-4-9-27/h2-13,16-19,33,37H,14-15,20-26H2,1H3. The van der Waals surface area contributed by atoms with E-state index in [0.29, 0.717) is 0 Å². The van der Waals surface area contributed by atoms with E-state index in [-0.39, 0.29) is 11.9 Å². The van der Waals surface area contributed by atoms with Crippen molar-refractivity contribution in [3.63, 3.8) is 0 Å². The number of nitrogens with one attached hydrogen (secondary N) is 1. The van der Waals surface area contributed by atoms with Crippen molar-refractivity contribution in [2.24, 2.45) is 5.92 Å². The molecule has 5 rings (SSSR count). The summed E-state index contributed by atoms with van der Waals surface area (Å²) in [5.41, 5.74) is 10.9. The van der Waals surface area contributed by atoms with E-state index in [1.165, 1.54) is 51.7 Å². The number of hydrogen-bond donors (Lipinski definition) is 1. The van der Waals surface area contributed by atoms with Crippen molar-refractivity contribution < 1.29 is 9.53 Å². The number of esters is 1. The van der Waals surface area contributed by atoms with Crippen LogP contribution in [0.4, 0.5) is 5.69 Å². The summed E-state index contributed by atoms with van der Waals surface area (Å²) in [7, 11) is 1.48. The van der Waals surface area contributed by atoms with Crippen LogP contribution < -0.4 is 5.32 Å². The molecule has 1 aliphatic rings. The molecule has 0 saturated carbocycles. The normalized spacial score (nSPS) is 14.4. The van der Waals surface area contributed by atoms with Gasteiger partial charge in [-0.05, 0) is 96.4 Å². The number of rotatable bonds is 11. The number of fused-ring (bicyclic) bond motifs is 1. The molecule has 0 amide bonds. The van der Waals surface area contributed by atoms with Crippen LogP contribution >= 0.6 is 0 Å². The van der Waals surface area contributed by atoms with E-state index in [4.69, 9.17) is 4.74 Å². The SMILES string of the molecule is COC(=O)C1CCc2c(cccc2NCCc2ccccc2CCc2ccc(CCc3ccccc3)cc2)C1. The average molecular weight is 518 g/mol. The summed E-state index contributed by atoms with van der Waals surface area (Å²) in [5, 5.41) is 3.69. The Labute approximate surface area is 233 Å². The Morgan fingerprint density at radius 3 is 2.03 bits per heavy atom. The first-order valence-electron chi connectivity index (χ1n) is 14.3. The third-order valence-electron chi connectivity index (χ3n) is 8.10. The monoisotopic (exact) mass is 517 g/mol. The lowest BCUT2D eigenvalue weighted by molar-refractivity contribution is -0.145. The van der Waals surface area contributed by atoms with Crippen molar-refractivity contribution >= 4 is 11.7 Å². The molecule has 0 radical (unpaired) electrons. The smallest absolute Gasteiger partial charge is 0.309 e. The van der Waals surface area contributed by atoms with Gasteiger partial charge in [-0.15, -0.1) is 0 Å². The maximum absolute atomic E-state index is 12.0. The van der Waals surface area contributed by atoms with Gasteiger partial charge in [-0.1, -0.05) is 91.0 Å². The lowest BCUT2D eigenvalue weighted by Crippen LogP contribution is -2.24. The molecule has 4 aromatic carbocycles. The molecular formula is C36H39NO2. The van der Waals surface area contributed by atoms with Gasteiger partial charge in [-0.25, -0.2) is 0 Å². The van der Waals surface area contributed by atoms with Gasteiger partial charge in [0.25, 0.3) is 0 Å². The molecule has 0 saturated heterocycles. The fraction of sp³-hybridized carbons (Fsp3) is 0.306. The van der Waals surface area contributed by atoms with Crippen LogP contribution in [0.2, 0.25) is 0 Å².